The molecule has 2 atom stereocenters. The lowest BCUT2D eigenvalue weighted by Gasteiger charge is -2.27. The van der Waals surface area contributed by atoms with Crippen molar-refractivity contribution in [2.45, 2.75) is 59.9 Å². The van der Waals surface area contributed by atoms with Crippen molar-refractivity contribution in [3.05, 3.63) is 36.0 Å². The lowest BCUT2D eigenvalue weighted by Crippen LogP contribution is -2.35. The molecule has 0 spiro atoms. The number of aromatic nitrogens is 2. The highest BCUT2D eigenvalue weighted by Crippen LogP contribution is 2.28. The monoisotopic (exact) mass is 574 g/mol. The number of nitrogens with one attached hydrogen (secondary N) is 1. The maximum Gasteiger partial charge on any atom is 0.415 e. The number of likely N-dealkylation sites (tertiary alicyclic amines) is 1. The van der Waals surface area contributed by atoms with Crippen LogP contribution in [0.25, 0.3) is 0 Å². The van der Waals surface area contributed by atoms with E-state index in [1.54, 1.807) is 39.7 Å². The summed E-state index contributed by atoms with van der Waals surface area (Å²) in [6.45, 7) is 13.1. The fraction of sp³-hybridized carbons (Fsp3) is 0.571. The number of anilines is 3. The van der Waals surface area contributed by atoms with E-state index in [1.807, 2.05) is 39.5 Å². The van der Waals surface area contributed by atoms with Crippen LogP contribution in [-0.2, 0) is 22.2 Å². The summed E-state index contributed by atoms with van der Waals surface area (Å²) in [6.07, 6.45) is 3.36. The molecular formula is C28H42N6O5S. The van der Waals surface area contributed by atoms with Crippen molar-refractivity contribution < 1.29 is 23.6 Å². The minimum atomic E-state index is -1.34. The zero-order valence-corrected chi connectivity index (χ0v) is 24.9. The van der Waals surface area contributed by atoms with Gasteiger partial charge in [0.1, 0.15) is 28.5 Å². The first-order valence-electron chi connectivity index (χ1n) is 14.0. The van der Waals surface area contributed by atoms with Crippen molar-refractivity contribution >= 4 is 40.5 Å². The van der Waals surface area contributed by atoms with Crippen molar-refractivity contribution in [3.63, 3.8) is 0 Å². The van der Waals surface area contributed by atoms with Crippen LogP contribution in [0.3, 0.4) is 0 Å². The third-order valence-corrected chi connectivity index (χ3v) is 8.52. The Balaban J connectivity index is 1.84. The number of rotatable bonds is 14. The summed E-state index contributed by atoms with van der Waals surface area (Å²) in [7, 11) is -1.34. The lowest BCUT2D eigenvalue weighted by atomic mass is 10.1. The van der Waals surface area contributed by atoms with E-state index in [9.17, 15) is 18.9 Å². The van der Waals surface area contributed by atoms with Gasteiger partial charge in [0.05, 0.1) is 6.20 Å². The Labute approximate surface area is 239 Å². The topological polar surface area (TPSA) is 128 Å². The Morgan fingerprint density at radius 1 is 1.10 bits per heavy atom. The average molecular weight is 575 g/mol. The zero-order valence-electron chi connectivity index (χ0n) is 24.1. The van der Waals surface area contributed by atoms with Gasteiger partial charge in [-0.2, -0.15) is 4.98 Å². The molecule has 0 radical (unpaired) electrons. The van der Waals surface area contributed by atoms with E-state index in [1.165, 1.54) is 0 Å². The number of carbonyl (C=O) groups excluding carboxylic acids is 1. The van der Waals surface area contributed by atoms with Crippen molar-refractivity contribution in [2.75, 3.05) is 53.0 Å². The number of benzene rings is 1. The van der Waals surface area contributed by atoms with E-state index < -0.39 is 23.0 Å². The smallest absolute Gasteiger partial charge is 0.415 e. The van der Waals surface area contributed by atoms with Crippen molar-refractivity contribution in [2.24, 2.45) is 5.92 Å². The summed E-state index contributed by atoms with van der Waals surface area (Å²) in [5.74, 6) is 0.821. The summed E-state index contributed by atoms with van der Waals surface area (Å²) in [6, 6.07) is 5.83. The van der Waals surface area contributed by atoms with Crippen LogP contribution in [0, 0.1) is 5.92 Å². The van der Waals surface area contributed by atoms with Gasteiger partial charge in [-0.1, -0.05) is 26.0 Å². The van der Waals surface area contributed by atoms with Gasteiger partial charge in [-0.25, -0.2) is 18.8 Å². The zero-order chi connectivity index (χ0) is 29.2. The number of ether oxygens (including phenoxy) is 1. The predicted molar refractivity (Wildman–Crippen MR) is 158 cm³/mol. The molecule has 1 amide bonds. The number of nitrogens with zero attached hydrogens (tertiary/aromatic N) is 5. The minimum absolute atomic E-state index is 0.154. The van der Waals surface area contributed by atoms with E-state index in [4.69, 9.17) is 9.72 Å². The maximum absolute atomic E-state index is 13.2. The van der Waals surface area contributed by atoms with Gasteiger partial charge in [0.25, 0.3) is 0 Å². The largest absolute Gasteiger partial charge is 0.480 e. The van der Waals surface area contributed by atoms with Gasteiger partial charge in [-0.05, 0) is 57.2 Å². The second-order valence-corrected chi connectivity index (χ2v) is 11.5. The molecule has 2 unspecified atom stereocenters. The second kappa shape index (κ2) is 14.8. The fourth-order valence-electron chi connectivity index (χ4n) is 4.47. The number of amides is 1. The molecular weight excluding hydrogens is 532 g/mol. The van der Waals surface area contributed by atoms with Gasteiger partial charge >= 0.3 is 12.1 Å². The molecule has 1 aliphatic heterocycles. The van der Waals surface area contributed by atoms with E-state index in [2.05, 4.69) is 10.3 Å². The third kappa shape index (κ3) is 8.30. The predicted octanol–water partition coefficient (Wildman–Crippen LogP) is 4.17. The molecule has 0 saturated carbocycles. The lowest BCUT2D eigenvalue weighted by molar-refractivity contribution is -0.137. The van der Waals surface area contributed by atoms with Crippen molar-refractivity contribution in [1.82, 2.24) is 14.9 Å². The summed E-state index contributed by atoms with van der Waals surface area (Å²) >= 11 is 0. The quantitative estimate of drug-likeness (QED) is 0.342. The fourth-order valence-corrected chi connectivity index (χ4v) is 5.86. The maximum atomic E-state index is 13.2. The molecule has 40 heavy (non-hydrogen) atoms. The number of carboxylic acid groups (broad SMARTS) is 1. The Bertz CT molecular complexity index is 1150. The normalized spacial score (nSPS) is 14.6. The van der Waals surface area contributed by atoms with Crippen LogP contribution in [0.2, 0.25) is 0 Å². The summed E-state index contributed by atoms with van der Waals surface area (Å²) in [4.78, 5) is 37.5. The Kier molecular flexibility index (Phi) is 11.5. The highest BCUT2D eigenvalue weighted by atomic mass is 32.2. The molecule has 2 aromatic rings. The average Bonchev–Trinajstić information content (AvgIpc) is 3.46. The van der Waals surface area contributed by atoms with E-state index in [0.717, 1.165) is 18.4 Å². The van der Waals surface area contributed by atoms with Crippen LogP contribution < -0.4 is 19.3 Å². The van der Waals surface area contributed by atoms with Crippen molar-refractivity contribution in [3.8, 4) is 5.75 Å². The van der Waals surface area contributed by atoms with Crippen LogP contribution in [-0.4, -0.2) is 80.8 Å². The first-order valence-corrected chi connectivity index (χ1v) is 15.3. The Hall–Kier alpha value is -3.41. The van der Waals surface area contributed by atoms with Gasteiger partial charge in [0, 0.05) is 44.9 Å². The standard InChI is InChI=1S/C28H42N6O5S/c1-6-32(7-2)27-29-18-24(34(8-3)40(38)19-20(4)5)25(31-27)30-23(26(35)36)17-21-11-13-22(14-12-21)39-28(37)33-15-9-10-16-33/h11-14,18,20,23H,6-10,15-17,19H2,1-5H3,(H,35,36)(H,29,30,31). The molecule has 220 valence electrons. The molecule has 1 aromatic heterocycles. The number of aliphatic carboxylic acids is 1. The van der Waals surface area contributed by atoms with Crippen molar-refractivity contribution in [1.29, 1.82) is 0 Å². The molecule has 3 rings (SSSR count). The molecule has 0 aliphatic carbocycles. The third-order valence-electron chi connectivity index (χ3n) is 6.62. The Morgan fingerprint density at radius 3 is 2.30 bits per heavy atom. The first-order chi connectivity index (χ1) is 19.2. The first kappa shape index (κ1) is 31.1. The molecule has 0 bridgehead atoms. The van der Waals surface area contributed by atoms with Gasteiger partial charge in [-0.15, -0.1) is 0 Å². The highest BCUT2D eigenvalue weighted by molar-refractivity contribution is 7.86. The Morgan fingerprint density at radius 2 is 1.75 bits per heavy atom. The molecule has 11 nitrogen and oxygen atoms in total. The van der Waals surface area contributed by atoms with Crippen LogP contribution in [0.4, 0.5) is 22.2 Å². The van der Waals surface area contributed by atoms with Gasteiger partial charge in [-0.3, -0.25) is 4.31 Å². The minimum Gasteiger partial charge on any atom is -0.480 e. The molecule has 1 saturated heterocycles. The van der Waals surface area contributed by atoms with Gasteiger partial charge in [0.15, 0.2) is 5.82 Å². The SMILES string of the molecule is CCN(CC)c1ncc(N(CC)S(=O)CC(C)C)c(NC(Cc2ccc(OC(=O)N3CCCC3)cc2)C(=O)O)n1. The number of hydrogen-bond donors (Lipinski definition) is 2. The van der Waals surface area contributed by atoms with E-state index in [-0.39, 0.29) is 18.4 Å². The molecule has 1 aliphatic rings. The highest BCUT2D eigenvalue weighted by Gasteiger charge is 2.25. The second-order valence-electron chi connectivity index (χ2n) is 10.1. The summed E-state index contributed by atoms with van der Waals surface area (Å²) in [5, 5.41) is 13.2. The summed E-state index contributed by atoms with van der Waals surface area (Å²) < 4.78 is 20.3. The van der Waals surface area contributed by atoms with E-state index >= 15 is 0 Å². The molecule has 1 fully saturated rings. The van der Waals surface area contributed by atoms with Crippen LogP contribution in [0.1, 0.15) is 53.0 Å². The molecule has 2 N–H and O–H groups in total. The van der Waals surface area contributed by atoms with Crippen LogP contribution in [0.5, 0.6) is 5.75 Å². The number of carboxylic acids is 1. The van der Waals surface area contributed by atoms with E-state index in [0.29, 0.717) is 61.7 Å². The van der Waals surface area contributed by atoms with Gasteiger partial charge in [0.2, 0.25) is 5.95 Å². The van der Waals surface area contributed by atoms with Gasteiger partial charge < -0.3 is 25.0 Å². The van der Waals surface area contributed by atoms with Crippen LogP contribution in [0.15, 0.2) is 30.5 Å². The molecule has 2 heterocycles. The number of hydrogen-bond acceptors (Lipinski definition) is 8. The molecule has 12 heteroatoms. The summed E-state index contributed by atoms with van der Waals surface area (Å²) in [5.41, 5.74) is 1.24. The van der Waals surface area contributed by atoms with Crippen LogP contribution >= 0.6 is 0 Å². The molecule has 1 aromatic carbocycles. The number of carbonyl (C=O) groups is 2.